The highest BCUT2D eigenvalue weighted by Crippen LogP contribution is 2.34. The molecule has 1 fully saturated rings. The highest BCUT2D eigenvalue weighted by molar-refractivity contribution is 5.95. The number of nitrogens with zero attached hydrogens (tertiary/aromatic N) is 3. The number of rotatable bonds is 4. The molecule has 4 nitrogen and oxygen atoms in total. The number of aryl methyl sites for hydroxylation is 2. The molecular formula is C27H38FN3O. The lowest BCUT2D eigenvalue weighted by molar-refractivity contribution is -0.133. The van der Waals surface area contributed by atoms with E-state index in [2.05, 4.69) is 47.9 Å². The van der Waals surface area contributed by atoms with Crippen molar-refractivity contribution in [3.8, 4) is 0 Å². The third-order valence-corrected chi connectivity index (χ3v) is 7.40. The van der Waals surface area contributed by atoms with Crippen molar-refractivity contribution < 1.29 is 9.18 Å². The Balaban J connectivity index is 1.68. The fraction of sp³-hybridized carbons (Fsp3) is 0.630. The van der Waals surface area contributed by atoms with Gasteiger partial charge in [-0.05, 0) is 82.9 Å². The van der Waals surface area contributed by atoms with Gasteiger partial charge in [0.2, 0.25) is 5.91 Å². The van der Waals surface area contributed by atoms with Gasteiger partial charge in [0.1, 0.15) is 5.67 Å². The van der Waals surface area contributed by atoms with E-state index >= 15 is 0 Å². The van der Waals surface area contributed by atoms with Crippen molar-refractivity contribution >= 4 is 22.5 Å². The van der Waals surface area contributed by atoms with E-state index in [1.54, 1.807) is 6.92 Å². The van der Waals surface area contributed by atoms with Gasteiger partial charge >= 0.3 is 0 Å². The monoisotopic (exact) mass is 439 g/mol. The molecule has 0 N–H and O–H groups in total. The number of amides is 1. The Kier molecular flexibility index (Phi) is 7.02. The van der Waals surface area contributed by atoms with Gasteiger partial charge in [-0.25, -0.2) is 4.39 Å². The van der Waals surface area contributed by atoms with Gasteiger partial charge in [0.15, 0.2) is 0 Å². The average molecular weight is 440 g/mol. The first kappa shape index (κ1) is 23.0. The van der Waals surface area contributed by atoms with Crippen LogP contribution in [0, 0.1) is 6.92 Å². The zero-order chi connectivity index (χ0) is 22.7. The molecule has 2 heterocycles. The van der Waals surface area contributed by atoms with Crippen LogP contribution in [0.1, 0.15) is 76.5 Å². The normalized spacial score (nSPS) is 25.1. The molecule has 1 aliphatic carbocycles. The van der Waals surface area contributed by atoms with Crippen LogP contribution in [0.25, 0.3) is 10.9 Å². The summed E-state index contributed by atoms with van der Waals surface area (Å²) in [4.78, 5) is 23.0. The van der Waals surface area contributed by atoms with E-state index in [0.29, 0.717) is 19.4 Å². The number of aromatic nitrogens is 1. The molecule has 1 saturated carbocycles. The fourth-order valence-electron chi connectivity index (χ4n) is 5.28. The number of halogens is 1. The van der Waals surface area contributed by atoms with Crippen LogP contribution in [-0.4, -0.2) is 47.1 Å². The van der Waals surface area contributed by atoms with Gasteiger partial charge in [0, 0.05) is 30.2 Å². The first-order valence-electron chi connectivity index (χ1n) is 12.5. The van der Waals surface area contributed by atoms with Crippen molar-refractivity contribution in [1.29, 1.82) is 0 Å². The number of alkyl halides is 1. The molecule has 174 valence electrons. The molecule has 2 aliphatic rings. The van der Waals surface area contributed by atoms with Gasteiger partial charge in [-0.3, -0.25) is 9.78 Å². The van der Waals surface area contributed by atoms with Crippen LogP contribution in [0.2, 0.25) is 0 Å². The van der Waals surface area contributed by atoms with E-state index in [1.807, 2.05) is 0 Å². The number of hydrogen-bond acceptors (Lipinski definition) is 3. The maximum atomic E-state index is 14.4. The van der Waals surface area contributed by atoms with Crippen LogP contribution in [0.4, 0.5) is 10.1 Å². The summed E-state index contributed by atoms with van der Waals surface area (Å²) in [5.41, 5.74) is 3.35. The predicted octanol–water partition coefficient (Wildman–Crippen LogP) is 5.99. The Hall–Kier alpha value is -2.17. The van der Waals surface area contributed by atoms with E-state index < -0.39 is 5.67 Å². The Morgan fingerprint density at radius 3 is 2.69 bits per heavy atom. The maximum Gasteiger partial charge on any atom is 0.242 e. The van der Waals surface area contributed by atoms with E-state index in [1.165, 1.54) is 10.9 Å². The van der Waals surface area contributed by atoms with E-state index in [4.69, 9.17) is 4.98 Å². The second kappa shape index (κ2) is 9.76. The standard InChI is InChI=1S/C27H38FN3O/c1-4-5-17-30-19-25(32)31(22-13-15-27(3,28)16-14-22)18-7-6-8-21-10-11-23-20(2)9-12-24(30)26(23)29-21/h9-12,22H,4-8,13-19H2,1-3H3. The fourth-order valence-corrected chi connectivity index (χ4v) is 5.28. The van der Waals surface area contributed by atoms with Gasteiger partial charge < -0.3 is 9.80 Å². The molecule has 4 rings (SSSR count). The van der Waals surface area contributed by atoms with E-state index in [9.17, 15) is 9.18 Å². The van der Waals surface area contributed by atoms with E-state index in [0.717, 1.165) is 74.9 Å². The molecule has 0 radical (unpaired) electrons. The molecular weight excluding hydrogens is 401 g/mol. The number of hydrogen-bond donors (Lipinski definition) is 0. The average Bonchev–Trinajstić information content (AvgIpc) is 2.77. The van der Waals surface area contributed by atoms with E-state index in [-0.39, 0.29) is 11.9 Å². The highest BCUT2D eigenvalue weighted by Gasteiger charge is 2.35. The zero-order valence-corrected chi connectivity index (χ0v) is 20.0. The molecule has 1 aromatic heterocycles. The second-order valence-electron chi connectivity index (χ2n) is 10.1. The lowest BCUT2D eigenvalue weighted by Gasteiger charge is -2.39. The molecule has 1 aliphatic heterocycles. The molecule has 0 unspecified atom stereocenters. The molecule has 0 saturated heterocycles. The van der Waals surface area contributed by atoms with Crippen LogP contribution in [0.5, 0.6) is 0 Å². The van der Waals surface area contributed by atoms with Crippen molar-refractivity contribution in [2.24, 2.45) is 0 Å². The predicted molar refractivity (Wildman–Crippen MR) is 130 cm³/mol. The number of benzene rings is 1. The number of anilines is 1. The summed E-state index contributed by atoms with van der Waals surface area (Å²) in [7, 11) is 0. The minimum atomic E-state index is -1.08. The van der Waals surface area contributed by atoms with Crippen molar-refractivity contribution in [3.63, 3.8) is 0 Å². The minimum absolute atomic E-state index is 0.163. The largest absolute Gasteiger partial charge is 0.360 e. The number of unbranched alkanes of at least 4 members (excludes halogenated alkanes) is 1. The Bertz CT molecular complexity index is 947. The van der Waals surface area contributed by atoms with Crippen molar-refractivity contribution in [1.82, 2.24) is 9.88 Å². The molecule has 2 bridgehead atoms. The quantitative estimate of drug-likeness (QED) is 0.587. The summed E-state index contributed by atoms with van der Waals surface area (Å²) in [6, 6.07) is 8.81. The lowest BCUT2D eigenvalue weighted by atomic mass is 9.84. The number of pyridine rings is 1. The summed E-state index contributed by atoms with van der Waals surface area (Å²) < 4.78 is 14.4. The Morgan fingerprint density at radius 2 is 1.94 bits per heavy atom. The topological polar surface area (TPSA) is 36.4 Å². The molecule has 0 atom stereocenters. The summed E-state index contributed by atoms with van der Waals surface area (Å²) >= 11 is 0. The molecule has 32 heavy (non-hydrogen) atoms. The molecule has 1 amide bonds. The summed E-state index contributed by atoms with van der Waals surface area (Å²) in [5, 5.41) is 1.17. The molecule has 5 heteroatoms. The lowest BCUT2D eigenvalue weighted by Crippen LogP contribution is -2.49. The molecule has 2 aromatic rings. The summed E-state index contributed by atoms with van der Waals surface area (Å²) in [6.07, 6.45) is 7.64. The second-order valence-corrected chi connectivity index (χ2v) is 10.1. The number of fused-ring (bicyclic) bond motifs is 1. The van der Waals surface area contributed by atoms with Gasteiger partial charge in [0.25, 0.3) is 0 Å². The first-order chi connectivity index (χ1) is 15.4. The van der Waals surface area contributed by atoms with Gasteiger partial charge in [-0.1, -0.05) is 25.5 Å². The van der Waals surface area contributed by atoms with Crippen molar-refractivity contribution in [2.75, 3.05) is 24.5 Å². The SMILES string of the molecule is CCCCN1CC(=O)N(C2CCC(C)(F)CC2)CCCCc2ccc3c(C)ccc1c3n2. The zero-order valence-electron chi connectivity index (χ0n) is 20.0. The van der Waals surface area contributed by atoms with Crippen LogP contribution >= 0.6 is 0 Å². The summed E-state index contributed by atoms with van der Waals surface area (Å²) in [6.45, 7) is 7.99. The number of carbonyl (C=O) groups is 1. The van der Waals surface area contributed by atoms with Crippen LogP contribution < -0.4 is 4.90 Å². The van der Waals surface area contributed by atoms with Crippen LogP contribution in [0.15, 0.2) is 24.3 Å². The molecule has 0 spiro atoms. The third-order valence-electron chi connectivity index (χ3n) is 7.40. The maximum absolute atomic E-state index is 14.4. The van der Waals surface area contributed by atoms with Gasteiger partial charge in [0.05, 0.1) is 17.7 Å². The third kappa shape index (κ3) is 5.07. The highest BCUT2D eigenvalue weighted by atomic mass is 19.1. The first-order valence-corrected chi connectivity index (χ1v) is 12.5. The summed E-state index contributed by atoms with van der Waals surface area (Å²) in [5.74, 6) is 0.180. The van der Waals surface area contributed by atoms with Crippen molar-refractivity contribution in [2.45, 2.75) is 90.3 Å². The number of carbonyl (C=O) groups excluding carboxylic acids is 1. The Labute approximate surface area is 192 Å². The minimum Gasteiger partial charge on any atom is -0.360 e. The van der Waals surface area contributed by atoms with Crippen LogP contribution in [-0.2, 0) is 11.2 Å². The smallest absolute Gasteiger partial charge is 0.242 e. The van der Waals surface area contributed by atoms with Crippen LogP contribution in [0.3, 0.4) is 0 Å². The van der Waals surface area contributed by atoms with Crippen molar-refractivity contribution in [3.05, 3.63) is 35.5 Å². The van der Waals surface area contributed by atoms with Gasteiger partial charge in [-0.2, -0.15) is 0 Å². The van der Waals surface area contributed by atoms with Gasteiger partial charge in [-0.15, -0.1) is 0 Å². The Morgan fingerprint density at radius 1 is 1.16 bits per heavy atom. The molecule has 1 aromatic carbocycles.